The molecule has 0 aromatic heterocycles. The van der Waals surface area contributed by atoms with Gasteiger partial charge in [-0.3, -0.25) is 4.79 Å². The van der Waals surface area contributed by atoms with Crippen LogP contribution in [0.4, 0.5) is 0 Å². The Kier molecular flexibility index (Phi) is 1.71. The molecule has 52 valence electrons. The zero-order valence-electron chi connectivity index (χ0n) is 5.50. The van der Waals surface area contributed by atoms with Crippen molar-refractivity contribution in [3.05, 3.63) is 0 Å². The number of amides is 1. The Bertz CT molecular complexity index is 118. The van der Waals surface area contributed by atoms with Gasteiger partial charge in [0.15, 0.2) is 0 Å². The molecule has 0 aliphatic carbocycles. The smallest absolute Gasteiger partial charge is 0.222 e. The fourth-order valence-electron chi connectivity index (χ4n) is 0.883. The minimum atomic E-state index is -0.263. The van der Waals surface area contributed by atoms with Crippen molar-refractivity contribution in [2.24, 2.45) is 0 Å². The Balaban J connectivity index is 2.23. The normalized spacial score (nSPS) is 19.6. The van der Waals surface area contributed by atoms with Crippen LogP contribution in [0.25, 0.3) is 0 Å². The van der Waals surface area contributed by atoms with Crippen molar-refractivity contribution in [3.8, 4) is 0 Å². The highest BCUT2D eigenvalue weighted by Gasteiger charge is 2.26. The first-order chi connectivity index (χ1) is 4.24. The van der Waals surface area contributed by atoms with E-state index in [0.29, 0.717) is 19.5 Å². The average molecular weight is 129 g/mol. The van der Waals surface area contributed by atoms with Crippen LogP contribution in [0.5, 0.6) is 0 Å². The Labute approximate surface area is 54.3 Å². The molecule has 0 aromatic carbocycles. The molecular formula is C6H11NO2. The van der Waals surface area contributed by atoms with Crippen LogP contribution in [0.1, 0.15) is 13.3 Å². The second kappa shape index (κ2) is 2.35. The number of carbonyl (C=O) groups excluding carboxylic acids is 1. The molecule has 1 heterocycles. The highest BCUT2D eigenvalue weighted by molar-refractivity contribution is 5.76. The van der Waals surface area contributed by atoms with E-state index in [0.717, 1.165) is 0 Å². The van der Waals surface area contributed by atoms with E-state index in [9.17, 15) is 4.79 Å². The Morgan fingerprint density at radius 3 is 2.67 bits per heavy atom. The highest BCUT2D eigenvalue weighted by Crippen LogP contribution is 2.07. The Hall–Kier alpha value is -0.570. The van der Waals surface area contributed by atoms with Gasteiger partial charge in [0.25, 0.3) is 0 Å². The Morgan fingerprint density at radius 1 is 1.78 bits per heavy atom. The van der Waals surface area contributed by atoms with Gasteiger partial charge >= 0.3 is 0 Å². The van der Waals surface area contributed by atoms with Crippen LogP contribution in [-0.2, 0) is 4.79 Å². The molecule has 0 spiro atoms. The number of rotatable bonds is 1. The van der Waals surface area contributed by atoms with Crippen molar-refractivity contribution in [3.63, 3.8) is 0 Å². The lowest BCUT2D eigenvalue weighted by molar-refractivity contribution is -0.140. The summed E-state index contributed by atoms with van der Waals surface area (Å²) in [7, 11) is 0. The van der Waals surface area contributed by atoms with Gasteiger partial charge in [-0.05, 0) is 0 Å². The van der Waals surface area contributed by atoms with E-state index in [4.69, 9.17) is 5.11 Å². The molecule has 1 rings (SSSR count). The molecule has 0 atom stereocenters. The van der Waals surface area contributed by atoms with Crippen molar-refractivity contribution >= 4 is 5.91 Å². The summed E-state index contributed by atoms with van der Waals surface area (Å²) < 4.78 is 0. The standard InChI is InChI=1S/C6H11NO2/c1-2-6(9)7-3-5(8)4-7/h5,8H,2-4H2,1H3. The van der Waals surface area contributed by atoms with E-state index in [1.807, 2.05) is 6.92 Å². The summed E-state index contributed by atoms with van der Waals surface area (Å²) in [6.45, 7) is 2.90. The summed E-state index contributed by atoms with van der Waals surface area (Å²) in [5, 5.41) is 8.77. The number of β-amino-alcohol motifs (C(OH)–C–C–N with tert-alkyl or cyclic N) is 1. The topological polar surface area (TPSA) is 40.5 Å². The number of aliphatic hydroxyl groups excluding tert-OH is 1. The van der Waals surface area contributed by atoms with Gasteiger partial charge in [0.05, 0.1) is 6.10 Å². The maximum atomic E-state index is 10.8. The van der Waals surface area contributed by atoms with Gasteiger partial charge in [0.2, 0.25) is 5.91 Å². The van der Waals surface area contributed by atoms with Crippen LogP contribution in [0.2, 0.25) is 0 Å². The molecule has 0 bridgehead atoms. The van der Waals surface area contributed by atoms with Gasteiger partial charge in [0, 0.05) is 19.5 Å². The zero-order chi connectivity index (χ0) is 6.85. The fraction of sp³-hybridized carbons (Fsp3) is 0.833. The summed E-state index contributed by atoms with van der Waals surface area (Å²) in [5.41, 5.74) is 0. The number of likely N-dealkylation sites (tertiary alicyclic amines) is 1. The average Bonchev–Trinajstić information content (AvgIpc) is 1.79. The summed E-state index contributed by atoms with van der Waals surface area (Å²) in [4.78, 5) is 12.4. The van der Waals surface area contributed by atoms with Gasteiger partial charge in [0.1, 0.15) is 0 Å². The quantitative estimate of drug-likeness (QED) is 0.523. The summed E-state index contributed by atoms with van der Waals surface area (Å²) in [5.74, 6) is 0.139. The fourth-order valence-corrected chi connectivity index (χ4v) is 0.883. The lowest BCUT2D eigenvalue weighted by Gasteiger charge is -2.35. The van der Waals surface area contributed by atoms with E-state index < -0.39 is 0 Å². The molecule has 3 nitrogen and oxygen atoms in total. The van der Waals surface area contributed by atoms with Crippen molar-refractivity contribution in [2.45, 2.75) is 19.4 Å². The highest BCUT2D eigenvalue weighted by atomic mass is 16.3. The maximum Gasteiger partial charge on any atom is 0.222 e. The van der Waals surface area contributed by atoms with Crippen LogP contribution in [0, 0.1) is 0 Å². The molecule has 0 aromatic rings. The van der Waals surface area contributed by atoms with Gasteiger partial charge < -0.3 is 10.0 Å². The third-order valence-corrected chi connectivity index (χ3v) is 1.52. The van der Waals surface area contributed by atoms with Crippen LogP contribution in [0.3, 0.4) is 0 Å². The second-order valence-corrected chi connectivity index (χ2v) is 2.31. The van der Waals surface area contributed by atoms with Gasteiger partial charge in [-0.1, -0.05) is 6.92 Å². The zero-order valence-corrected chi connectivity index (χ0v) is 5.50. The lowest BCUT2D eigenvalue weighted by Crippen LogP contribution is -2.53. The molecular weight excluding hydrogens is 118 g/mol. The first-order valence-electron chi connectivity index (χ1n) is 3.20. The van der Waals surface area contributed by atoms with E-state index in [1.165, 1.54) is 0 Å². The van der Waals surface area contributed by atoms with Gasteiger partial charge in [-0.15, -0.1) is 0 Å². The number of hydrogen-bond acceptors (Lipinski definition) is 2. The van der Waals surface area contributed by atoms with Crippen LogP contribution >= 0.6 is 0 Å². The lowest BCUT2D eigenvalue weighted by atomic mass is 10.1. The molecule has 1 saturated heterocycles. The minimum Gasteiger partial charge on any atom is -0.389 e. The predicted molar refractivity (Wildman–Crippen MR) is 32.9 cm³/mol. The van der Waals surface area contributed by atoms with Crippen molar-refractivity contribution in [1.29, 1.82) is 0 Å². The van der Waals surface area contributed by atoms with E-state index in [1.54, 1.807) is 4.90 Å². The van der Waals surface area contributed by atoms with Gasteiger partial charge in [-0.25, -0.2) is 0 Å². The van der Waals surface area contributed by atoms with Crippen molar-refractivity contribution in [1.82, 2.24) is 4.90 Å². The Morgan fingerprint density at radius 2 is 2.33 bits per heavy atom. The van der Waals surface area contributed by atoms with E-state index >= 15 is 0 Å². The molecule has 1 fully saturated rings. The number of carbonyl (C=O) groups is 1. The first kappa shape index (κ1) is 6.55. The predicted octanol–water partition coefficient (Wildman–Crippen LogP) is -0.401. The maximum absolute atomic E-state index is 10.8. The molecule has 0 unspecified atom stereocenters. The van der Waals surface area contributed by atoms with Crippen LogP contribution in [-0.4, -0.2) is 35.1 Å². The first-order valence-corrected chi connectivity index (χ1v) is 3.20. The molecule has 9 heavy (non-hydrogen) atoms. The third-order valence-electron chi connectivity index (χ3n) is 1.52. The van der Waals surface area contributed by atoms with Crippen molar-refractivity contribution < 1.29 is 9.90 Å². The SMILES string of the molecule is CCC(=O)N1CC(O)C1. The summed E-state index contributed by atoms with van der Waals surface area (Å²) >= 11 is 0. The largest absolute Gasteiger partial charge is 0.389 e. The number of nitrogens with zero attached hydrogens (tertiary/aromatic N) is 1. The molecule has 0 radical (unpaired) electrons. The molecule has 1 aliphatic rings. The summed E-state index contributed by atoms with van der Waals surface area (Å²) in [6, 6.07) is 0. The molecule has 1 amide bonds. The number of hydrogen-bond donors (Lipinski definition) is 1. The minimum absolute atomic E-state index is 0.139. The van der Waals surface area contributed by atoms with E-state index in [-0.39, 0.29) is 12.0 Å². The molecule has 1 N–H and O–H groups in total. The number of aliphatic hydroxyl groups is 1. The molecule has 1 aliphatic heterocycles. The van der Waals surface area contributed by atoms with Gasteiger partial charge in [-0.2, -0.15) is 0 Å². The molecule has 3 heteroatoms. The molecule has 0 saturated carbocycles. The van der Waals surface area contributed by atoms with Crippen LogP contribution < -0.4 is 0 Å². The van der Waals surface area contributed by atoms with Crippen LogP contribution in [0.15, 0.2) is 0 Å². The van der Waals surface area contributed by atoms with E-state index in [2.05, 4.69) is 0 Å². The monoisotopic (exact) mass is 129 g/mol. The third kappa shape index (κ3) is 1.21. The van der Waals surface area contributed by atoms with Crippen molar-refractivity contribution in [2.75, 3.05) is 13.1 Å². The summed E-state index contributed by atoms with van der Waals surface area (Å²) in [6.07, 6.45) is 0.285. The second-order valence-electron chi connectivity index (χ2n) is 2.31.